The number of halogens is 2. The Morgan fingerprint density at radius 3 is 2.88 bits per heavy atom. The average molecular weight is 259 g/mol. The van der Waals surface area contributed by atoms with E-state index in [-0.39, 0.29) is 18.2 Å². The maximum Gasteiger partial charge on any atom is 0.127 e. The number of likely N-dealkylation sites (tertiary alicyclic amines) is 1. The van der Waals surface area contributed by atoms with Crippen LogP contribution in [0.4, 0.5) is 4.39 Å². The summed E-state index contributed by atoms with van der Waals surface area (Å²) < 4.78 is 13.4. The Balaban J connectivity index is 0.00000144. The molecule has 1 aliphatic heterocycles. The maximum atomic E-state index is 13.4. The molecule has 0 aliphatic carbocycles. The van der Waals surface area contributed by atoms with E-state index < -0.39 is 0 Å². The second-order valence-electron chi connectivity index (χ2n) is 4.54. The first-order valence-electron chi connectivity index (χ1n) is 5.90. The van der Waals surface area contributed by atoms with Crippen LogP contribution < -0.4 is 5.32 Å². The first-order chi connectivity index (χ1) is 7.79. The highest BCUT2D eigenvalue weighted by Crippen LogP contribution is 2.19. The molecule has 1 aliphatic rings. The van der Waals surface area contributed by atoms with E-state index in [1.807, 2.05) is 19.2 Å². The molecule has 1 saturated heterocycles. The highest BCUT2D eigenvalue weighted by molar-refractivity contribution is 5.85. The van der Waals surface area contributed by atoms with Crippen LogP contribution in [0.2, 0.25) is 0 Å². The van der Waals surface area contributed by atoms with Gasteiger partial charge in [-0.3, -0.25) is 4.90 Å². The van der Waals surface area contributed by atoms with Crippen LogP contribution in [0.1, 0.15) is 12.0 Å². The van der Waals surface area contributed by atoms with Crippen LogP contribution in [0.25, 0.3) is 0 Å². The monoisotopic (exact) mass is 258 g/mol. The molecule has 1 aromatic rings. The number of hydrogen-bond donors (Lipinski definition) is 1. The Morgan fingerprint density at radius 2 is 2.18 bits per heavy atom. The van der Waals surface area contributed by atoms with Crippen molar-refractivity contribution in [3.63, 3.8) is 0 Å². The van der Waals surface area contributed by atoms with Crippen LogP contribution in [-0.4, -0.2) is 31.6 Å². The van der Waals surface area contributed by atoms with Gasteiger partial charge in [0.2, 0.25) is 0 Å². The van der Waals surface area contributed by atoms with Crippen molar-refractivity contribution in [2.75, 3.05) is 26.7 Å². The van der Waals surface area contributed by atoms with Crippen LogP contribution >= 0.6 is 12.4 Å². The van der Waals surface area contributed by atoms with E-state index in [0.29, 0.717) is 0 Å². The molecule has 1 unspecified atom stereocenters. The normalized spacial score (nSPS) is 20.2. The second-order valence-corrected chi connectivity index (χ2v) is 4.54. The minimum Gasteiger partial charge on any atom is -0.319 e. The van der Waals surface area contributed by atoms with Crippen molar-refractivity contribution in [3.8, 4) is 0 Å². The zero-order chi connectivity index (χ0) is 11.4. The molecule has 1 N–H and O–H groups in total. The van der Waals surface area contributed by atoms with E-state index in [1.54, 1.807) is 6.07 Å². The van der Waals surface area contributed by atoms with Gasteiger partial charge in [-0.15, -0.1) is 12.4 Å². The van der Waals surface area contributed by atoms with Gasteiger partial charge in [0.15, 0.2) is 0 Å². The van der Waals surface area contributed by atoms with Crippen LogP contribution in [0, 0.1) is 11.7 Å². The quantitative estimate of drug-likeness (QED) is 0.892. The van der Waals surface area contributed by atoms with Gasteiger partial charge >= 0.3 is 0 Å². The summed E-state index contributed by atoms with van der Waals surface area (Å²) in [5.74, 6) is 0.635. The van der Waals surface area contributed by atoms with Gasteiger partial charge in [-0.2, -0.15) is 0 Å². The molecule has 1 aromatic carbocycles. The van der Waals surface area contributed by atoms with Crippen molar-refractivity contribution in [1.82, 2.24) is 10.2 Å². The molecular weight excluding hydrogens is 239 g/mol. The second kappa shape index (κ2) is 6.94. The molecule has 4 heteroatoms. The zero-order valence-corrected chi connectivity index (χ0v) is 11.0. The largest absolute Gasteiger partial charge is 0.319 e. The van der Waals surface area contributed by atoms with Gasteiger partial charge in [-0.1, -0.05) is 18.2 Å². The Morgan fingerprint density at radius 1 is 1.41 bits per heavy atom. The first-order valence-corrected chi connectivity index (χ1v) is 5.90. The number of nitrogens with one attached hydrogen (secondary N) is 1. The minimum atomic E-state index is -0.0837. The molecule has 2 rings (SSSR count). The fraction of sp³-hybridized carbons (Fsp3) is 0.538. The van der Waals surface area contributed by atoms with E-state index in [9.17, 15) is 4.39 Å². The zero-order valence-electron chi connectivity index (χ0n) is 10.2. The summed E-state index contributed by atoms with van der Waals surface area (Å²) in [5, 5.41) is 3.20. The number of hydrogen-bond acceptors (Lipinski definition) is 2. The molecule has 96 valence electrons. The molecule has 0 bridgehead atoms. The van der Waals surface area contributed by atoms with Crippen molar-refractivity contribution in [2.24, 2.45) is 5.92 Å². The minimum absolute atomic E-state index is 0. The number of nitrogens with zero attached hydrogens (tertiary/aromatic N) is 1. The van der Waals surface area contributed by atoms with Crippen molar-refractivity contribution >= 4 is 12.4 Å². The first kappa shape index (κ1) is 14.4. The van der Waals surface area contributed by atoms with Crippen LogP contribution in [-0.2, 0) is 6.54 Å². The molecule has 0 spiro atoms. The highest BCUT2D eigenvalue weighted by atomic mass is 35.5. The summed E-state index contributed by atoms with van der Waals surface area (Å²) in [6.07, 6.45) is 1.22. The molecular formula is C13H20ClFN2. The summed E-state index contributed by atoms with van der Waals surface area (Å²) >= 11 is 0. The van der Waals surface area contributed by atoms with Gasteiger partial charge in [0, 0.05) is 18.7 Å². The SMILES string of the molecule is CNCC1CCN(Cc2ccccc2F)C1.Cl. The standard InChI is InChI=1S/C13H19FN2.ClH/c1-15-8-11-6-7-16(9-11)10-12-4-2-3-5-13(12)14;/h2-5,11,15H,6-10H2,1H3;1H. The summed E-state index contributed by atoms with van der Waals surface area (Å²) in [5.41, 5.74) is 0.813. The lowest BCUT2D eigenvalue weighted by atomic mass is 10.1. The van der Waals surface area contributed by atoms with Gasteiger partial charge in [-0.05, 0) is 38.5 Å². The Labute approximate surface area is 109 Å². The average Bonchev–Trinajstić information content (AvgIpc) is 2.70. The Kier molecular flexibility index (Phi) is 5.89. The lowest BCUT2D eigenvalue weighted by molar-refractivity contribution is 0.310. The van der Waals surface area contributed by atoms with Crippen LogP contribution in [0.15, 0.2) is 24.3 Å². The number of rotatable bonds is 4. The molecule has 1 heterocycles. The molecule has 0 saturated carbocycles. The van der Waals surface area contributed by atoms with Gasteiger partial charge in [0.1, 0.15) is 5.82 Å². The summed E-state index contributed by atoms with van der Waals surface area (Å²) in [4.78, 5) is 2.33. The predicted octanol–water partition coefficient (Wildman–Crippen LogP) is 2.29. The van der Waals surface area contributed by atoms with Crippen molar-refractivity contribution in [3.05, 3.63) is 35.6 Å². The van der Waals surface area contributed by atoms with Crippen molar-refractivity contribution in [1.29, 1.82) is 0 Å². The molecule has 1 fully saturated rings. The van der Waals surface area contributed by atoms with Crippen LogP contribution in [0.5, 0.6) is 0 Å². The Bertz CT molecular complexity index is 346. The van der Waals surface area contributed by atoms with E-state index in [0.717, 1.165) is 37.7 Å². The van der Waals surface area contributed by atoms with E-state index >= 15 is 0 Å². The molecule has 17 heavy (non-hydrogen) atoms. The fourth-order valence-electron chi connectivity index (χ4n) is 2.38. The topological polar surface area (TPSA) is 15.3 Å². The van der Waals surface area contributed by atoms with Gasteiger partial charge < -0.3 is 5.32 Å². The molecule has 2 nitrogen and oxygen atoms in total. The summed E-state index contributed by atoms with van der Waals surface area (Å²) in [6, 6.07) is 7.06. The van der Waals surface area contributed by atoms with Crippen LogP contribution in [0.3, 0.4) is 0 Å². The van der Waals surface area contributed by atoms with Gasteiger partial charge in [0.25, 0.3) is 0 Å². The fourth-order valence-corrected chi connectivity index (χ4v) is 2.38. The van der Waals surface area contributed by atoms with Crippen molar-refractivity contribution in [2.45, 2.75) is 13.0 Å². The summed E-state index contributed by atoms with van der Waals surface area (Å²) in [7, 11) is 1.99. The van der Waals surface area contributed by atoms with Gasteiger partial charge in [-0.25, -0.2) is 4.39 Å². The van der Waals surface area contributed by atoms with E-state index in [2.05, 4.69) is 10.2 Å². The third kappa shape index (κ3) is 3.95. The van der Waals surface area contributed by atoms with E-state index in [4.69, 9.17) is 0 Å². The molecule has 0 aromatic heterocycles. The number of benzene rings is 1. The smallest absolute Gasteiger partial charge is 0.127 e. The highest BCUT2D eigenvalue weighted by Gasteiger charge is 2.22. The summed E-state index contributed by atoms with van der Waals surface area (Å²) in [6.45, 7) is 3.97. The molecule has 1 atom stereocenters. The van der Waals surface area contributed by atoms with Crippen molar-refractivity contribution < 1.29 is 4.39 Å². The predicted molar refractivity (Wildman–Crippen MR) is 71.0 cm³/mol. The third-order valence-electron chi connectivity index (χ3n) is 3.21. The lowest BCUT2D eigenvalue weighted by Crippen LogP contribution is -2.24. The third-order valence-corrected chi connectivity index (χ3v) is 3.21. The molecule has 0 amide bonds. The van der Waals surface area contributed by atoms with Gasteiger partial charge in [0.05, 0.1) is 0 Å². The maximum absolute atomic E-state index is 13.4. The molecule has 0 radical (unpaired) electrons. The lowest BCUT2D eigenvalue weighted by Gasteiger charge is -2.16. The Hall–Kier alpha value is -0.640. The van der Waals surface area contributed by atoms with E-state index in [1.165, 1.54) is 12.5 Å².